The van der Waals surface area contributed by atoms with Crippen molar-refractivity contribution < 1.29 is 24.5 Å². The van der Waals surface area contributed by atoms with Crippen LogP contribution in [0.4, 0.5) is 0 Å². The Balaban J connectivity index is 3.50. The maximum absolute atomic E-state index is 12.5. The van der Waals surface area contributed by atoms with E-state index in [-0.39, 0.29) is 18.5 Å². The Labute approximate surface area is 436 Å². The van der Waals surface area contributed by atoms with Crippen LogP contribution in [0.25, 0.3) is 0 Å². The molecule has 0 radical (unpaired) electrons. The van der Waals surface area contributed by atoms with Gasteiger partial charge in [0.25, 0.3) is 0 Å². The average molecular weight is 983 g/mol. The van der Waals surface area contributed by atoms with Crippen molar-refractivity contribution in [3.63, 3.8) is 0 Å². The third-order valence-corrected chi connectivity index (χ3v) is 14.1. The number of hydrogen-bond donors (Lipinski definition) is 3. The molecule has 2 unspecified atom stereocenters. The number of aliphatic hydroxyl groups is 2. The maximum Gasteiger partial charge on any atom is 0.305 e. The van der Waals surface area contributed by atoms with Crippen LogP contribution in [0.2, 0.25) is 0 Å². The lowest BCUT2D eigenvalue weighted by molar-refractivity contribution is -0.143. The highest BCUT2D eigenvalue weighted by atomic mass is 16.5. The van der Waals surface area contributed by atoms with Crippen molar-refractivity contribution in [2.24, 2.45) is 0 Å². The lowest BCUT2D eigenvalue weighted by Crippen LogP contribution is -2.45. The monoisotopic (exact) mass is 982 g/mol. The van der Waals surface area contributed by atoms with Crippen LogP contribution in [0.5, 0.6) is 0 Å². The number of aliphatic hydroxyl groups excluding tert-OH is 2. The summed E-state index contributed by atoms with van der Waals surface area (Å²) in [6, 6.07) is -0.637. The highest BCUT2D eigenvalue weighted by molar-refractivity contribution is 5.76. The highest BCUT2D eigenvalue weighted by Crippen LogP contribution is 2.17. The Kier molecular flexibility index (Phi) is 57.5. The van der Waals surface area contributed by atoms with E-state index in [9.17, 15) is 19.8 Å². The molecule has 0 bridgehead atoms. The molecule has 0 aromatic carbocycles. The maximum atomic E-state index is 12.5. The first-order chi connectivity index (χ1) is 34.5. The van der Waals surface area contributed by atoms with Crippen molar-refractivity contribution in [3.05, 3.63) is 48.6 Å². The van der Waals surface area contributed by atoms with Gasteiger partial charge in [0.05, 0.1) is 25.4 Å². The zero-order chi connectivity index (χ0) is 50.7. The molecule has 0 aliphatic heterocycles. The van der Waals surface area contributed by atoms with Crippen LogP contribution in [0.3, 0.4) is 0 Å². The van der Waals surface area contributed by atoms with E-state index in [1.54, 1.807) is 6.08 Å². The molecule has 0 aromatic heterocycles. The number of esters is 1. The molecule has 3 N–H and O–H groups in total. The zero-order valence-electron chi connectivity index (χ0n) is 46.7. The minimum atomic E-state index is -0.852. The molecule has 0 aromatic rings. The molecule has 0 aliphatic carbocycles. The van der Waals surface area contributed by atoms with Gasteiger partial charge in [0.1, 0.15) is 0 Å². The summed E-state index contributed by atoms with van der Waals surface area (Å²) in [5.74, 6) is -0.0819. The zero-order valence-corrected chi connectivity index (χ0v) is 46.7. The average Bonchev–Trinajstić information content (AvgIpc) is 3.36. The van der Waals surface area contributed by atoms with E-state index in [2.05, 4.69) is 55.6 Å². The molecular formula is C64H119NO5. The number of unbranched alkanes of at least 4 members (excludes halogenated alkanes) is 40. The smallest absolute Gasteiger partial charge is 0.305 e. The van der Waals surface area contributed by atoms with Crippen molar-refractivity contribution in [1.82, 2.24) is 5.32 Å². The second-order valence-electron chi connectivity index (χ2n) is 21.0. The van der Waals surface area contributed by atoms with Gasteiger partial charge in [0, 0.05) is 12.8 Å². The van der Waals surface area contributed by atoms with Crippen LogP contribution in [0.15, 0.2) is 48.6 Å². The van der Waals surface area contributed by atoms with Gasteiger partial charge in [-0.05, 0) is 83.5 Å². The molecule has 0 aliphatic rings. The normalized spacial score (nSPS) is 12.9. The van der Waals surface area contributed by atoms with Crippen molar-refractivity contribution in [3.8, 4) is 0 Å². The summed E-state index contributed by atoms with van der Waals surface area (Å²) in [6.07, 6.45) is 75.8. The summed E-state index contributed by atoms with van der Waals surface area (Å²) < 4.78 is 5.45. The van der Waals surface area contributed by atoms with E-state index in [1.165, 1.54) is 231 Å². The van der Waals surface area contributed by atoms with Gasteiger partial charge < -0.3 is 20.3 Å². The number of carbonyl (C=O) groups is 2. The van der Waals surface area contributed by atoms with Gasteiger partial charge in [0.2, 0.25) is 5.91 Å². The molecule has 410 valence electrons. The lowest BCUT2D eigenvalue weighted by Gasteiger charge is -2.20. The fourth-order valence-corrected chi connectivity index (χ4v) is 9.29. The number of amides is 1. The van der Waals surface area contributed by atoms with E-state index in [4.69, 9.17) is 4.74 Å². The quantitative estimate of drug-likeness (QED) is 0.0321. The molecule has 0 saturated heterocycles. The van der Waals surface area contributed by atoms with Crippen LogP contribution in [-0.2, 0) is 14.3 Å². The standard InChI is InChI=1S/C64H119NO5/c1-3-5-7-9-11-13-15-16-17-18-24-27-30-33-37-40-44-48-52-56-62(67)61(60-66)65-63(68)57-53-49-45-41-38-34-31-28-25-22-20-19-21-23-26-29-32-35-39-43-47-51-55-59-70-64(69)58-54-50-46-42-36-14-12-10-8-6-4-2/h10,12,19,21-22,25,52,56,61-62,66-67H,3-9,11,13-18,20,23-24,26-51,53-55,57-60H2,1-2H3,(H,65,68)/b12-10-,21-19-,25-22-,56-52+. The number of hydrogen-bond acceptors (Lipinski definition) is 5. The van der Waals surface area contributed by atoms with E-state index in [1.807, 2.05) is 6.08 Å². The molecule has 1 amide bonds. The van der Waals surface area contributed by atoms with Gasteiger partial charge in [-0.2, -0.15) is 0 Å². The highest BCUT2D eigenvalue weighted by Gasteiger charge is 2.18. The number of carbonyl (C=O) groups excluding carboxylic acids is 2. The van der Waals surface area contributed by atoms with Gasteiger partial charge in [-0.3, -0.25) is 9.59 Å². The van der Waals surface area contributed by atoms with Gasteiger partial charge in [0.15, 0.2) is 0 Å². The molecule has 0 rings (SSSR count). The van der Waals surface area contributed by atoms with Crippen molar-refractivity contribution in [2.75, 3.05) is 13.2 Å². The number of allylic oxidation sites excluding steroid dienone is 7. The summed E-state index contributed by atoms with van der Waals surface area (Å²) in [7, 11) is 0. The summed E-state index contributed by atoms with van der Waals surface area (Å²) in [5.41, 5.74) is 0. The molecular weight excluding hydrogens is 863 g/mol. The predicted octanol–water partition coefficient (Wildman–Crippen LogP) is 19.4. The Hall–Kier alpha value is -2.18. The first kappa shape index (κ1) is 67.8. The molecule has 6 heteroatoms. The fourth-order valence-electron chi connectivity index (χ4n) is 9.29. The van der Waals surface area contributed by atoms with Crippen molar-refractivity contribution in [1.29, 1.82) is 0 Å². The molecule has 2 atom stereocenters. The van der Waals surface area contributed by atoms with Gasteiger partial charge >= 0.3 is 5.97 Å². The Bertz CT molecular complexity index is 1180. The largest absolute Gasteiger partial charge is 0.466 e. The van der Waals surface area contributed by atoms with Gasteiger partial charge in [-0.1, -0.05) is 274 Å². The third-order valence-electron chi connectivity index (χ3n) is 14.1. The summed E-state index contributed by atoms with van der Waals surface area (Å²) in [4.78, 5) is 24.5. The van der Waals surface area contributed by atoms with E-state index < -0.39 is 12.1 Å². The first-order valence-electron chi connectivity index (χ1n) is 30.9. The summed E-state index contributed by atoms with van der Waals surface area (Å²) in [6.45, 7) is 4.87. The number of rotatable bonds is 57. The van der Waals surface area contributed by atoms with Crippen molar-refractivity contribution >= 4 is 11.9 Å². The van der Waals surface area contributed by atoms with E-state index in [0.717, 1.165) is 64.2 Å². The second-order valence-corrected chi connectivity index (χ2v) is 21.0. The Morgan fingerprint density at radius 2 is 0.729 bits per heavy atom. The SMILES string of the molecule is CCCC/C=C\CCCCCCCC(=O)OCCCCCCCCCCC/C=C\C/C=C\CCCCCCCCCC(=O)NC(CO)C(O)/C=C/CCCCCCCCCCCCCCCCCCC. The first-order valence-corrected chi connectivity index (χ1v) is 30.9. The minimum Gasteiger partial charge on any atom is -0.466 e. The predicted molar refractivity (Wildman–Crippen MR) is 306 cm³/mol. The number of nitrogens with one attached hydrogen (secondary N) is 1. The third kappa shape index (κ3) is 55.1. The van der Waals surface area contributed by atoms with Crippen molar-refractivity contribution in [2.45, 2.75) is 334 Å². The van der Waals surface area contributed by atoms with E-state index >= 15 is 0 Å². The molecule has 0 heterocycles. The van der Waals surface area contributed by atoms with Crippen LogP contribution in [-0.4, -0.2) is 47.4 Å². The second kappa shape index (κ2) is 59.4. The minimum absolute atomic E-state index is 0.00493. The topological polar surface area (TPSA) is 95.9 Å². The van der Waals surface area contributed by atoms with Crippen LogP contribution in [0, 0.1) is 0 Å². The Morgan fingerprint density at radius 3 is 1.14 bits per heavy atom. The fraction of sp³-hybridized carbons (Fsp3) is 0.844. The lowest BCUT2D eigenvalue weighted by atomic mass is 10.0. The van der Waals surface area contributed by atoms with E-state index in [0.29, 0.717) is 19.4 Å². The van der Waals surface area contributed by atoms with Crippen LogP contribution < -0.4 is 5.32 Å². The summed E-state index contributed by atoms with van der Waals surface area (Å²) >= 11 is 0. The van der Waals surface area contributed by atoms with Crippen LogP contribution in [0.1, 0.15) is 322 Å². The van der Waals surface area contributed by atoms with Gasteiger partial charge in [-0.25, -0.2) is 0 Å². The summed E-state index contributed by atoms with van der Waals surface area (Å²) in [5, 5.41) is 23.2. The van der Waals surface area contributed by atoms with Gasteiger partial charge in [-0.15, -0.1) is 0 Å². The number of ether oxygens (including phenoxy) is 1. The molecule has 6 nitrogen and oxygen atoms in total. The molecule has 0 saturated carbocycles. The molecule has 0 fully saturated rings. The Morgan fingerprint density at radius 1 is 0.400 bits per heavy atom. The molecule has 70 heavy (non-hydrogen) atoms. The van der Waals surface area contributed by atoms with Crippen LogP contribution >= 0.6 is 0 Å². The molecule has 0 spiro atoms.